The minimum atomic E-state index is -3.71. The zero-order valence-electron chi connectivity index (χ0n) is 15.1. The molecule has 1 aliphatic heterocycles. The average molecular weight is 383 g/mol. The van der Waals surface area contributed by atoms with E-state index in [1.165, 1.54) is 9.21 Å². The van der Waals surface area contributed by atoms with Gasteiger partial charge in [0.15, 0.2) is 5.76 Å². The Morgan fingerprint density at radius 1 is 1.12 bits per heavy atom. The summed E-state index contributed by atoms with van der Waals surface area (Å²) in [5.41, 5.74) is 0.327. The number of carbonyl (C=O) groups is 1. The van der Waals surface area contributed by atoms with E-state index in [4.69, 9.17) is 8.94 Å². The molecular weight excluding hydrogens is 362 g/mol. The van der Waals surface area contributed by atoms with Gasteiger partial charge in [-0.25, -0.2) is 8.42 Å². The van der Waals surface area contributed by atoms with Crippen LogP contribution in [0.25, 0.3) is 0 Å². The Morgan fingerprint density at radius 2 is 1.77 bits per heavy atom. The number of aryl methyl sites for hydroxylation is 2. The van der Waals surface area contributed by atoms with E-state index >= 15 is 0 Å². The lowest BCUT2D eigenvalue weighted by Crippen LogP contribution is -2.50. The lowest BCUT2D eigenvalue weighted by atomic mass is 10.2. The van der Waals surface area contributed by atoms with Crippen molar-refractivity contribution in [2.24, 2.45) is 0 Å². The smallest absolute Gasteiger partial charge is 0.311 e. The van der Waals surface area contributed by atoms with E-state index in [0.717, 1.165) is 0 Å². The Morgan fingerprint density at radius 3 is 2.27 bits per heavy atom. The number of aromatic nitrogens is 3. The summed E-state index contributed by atoms with van der Waals surface area (Å²) in [6.45, 7) is 7.74. The van der Waals surface area contributed by atoms with Crippen LogP contribution < -0.4 is 0 Å². The zero-order chi connectivity index (χ0) is 19.1. The average Bonchev–Trinajstić information content (AvgIpc) is 3.21. The van der Waals surface area contributed by atoms with Crippen molar-refractivity contribution in [2.75, 3.05) is 26.2 Å². The maximum absolute atomic E-state index is 12.8. The van der Waals surface area contributed by atoms with E-state index in [9.17, 15) is 13.2 Å². The molecule has 2 aromatic heterocycles. The summed E-state index contributed by atoms with van der Waals surface area (Å²) in [7, 11) is -3.71. The van der Waals surface area contributed by atoms with Crippen molar-refractivity contribution in [3.05, 3.63) is 23.2 Å². The van der Waals surface area contributed by atoms with Crippen LogP contribution in [0.4, 0.5) is 0 Å². The van der Waals surface area contributed by atoms with E-state index in [2.05, 4.69) is 15.4 Å². The molecule has 0 saturated carbocycles. The Labute approximate surface area is 151 Å². The molecule has 0 radical (unpaired) electrons. The summed E-state index contributed by atoms with van der Waals surface area (Å²) >= 11 is 0. The molecule has 1 fully saturated rings. The first-order valence-corrected chi connectivity index (χ1v) is 9.71. The van der Waals surface area contributed by atoms with E-state index in [1.807, 2.05) is 13.8 Å². The van der Waals surface area contributed by atoms with Crippen molar-refractivity contribution in [2.45, 2.75) is 38.5 Å². The fraction of sp³-hybridized carbons (Fsp3) is 0.600. The summed E-state index contributed by atoms with van der Waals surface area (Å²) in [6.07, 6.45) is 0. The molecule has 0 atom stereocenters. The second-order valence-electron chi connectivity index (χ2n) is 6.45. The van der Waals surface area contributed by atoms with Crippen molar-refractivity contribution in [1.82, 2.24) is 24.6 Å². The molecule has 3 heterocycles. The molecule has 1 aliphatic rings. The lowest BCUT2D eigenvalue weighted by Gasteiger charge is -2.33. The molecule has 142 valence electrons. The number of amides is 1. The fourth-order valence-electron chi connectivity index (χ4n) is 2.79. The van der Waals surface area contributed by atoms with Crippen LogP contribution in [0.5, 0.6) is 0 Å². The van der Waals surface area contributed by atoms with Gasteiger partial charge in [-0.1, -0.05) is 19.0 Å². The number of hydrogen-bond donors (Lipinski definition) is 0. The second-order valence-corrected chi connectivity index (χ2v) is 8.32. The van der Waals surface area contributed by atoms with Gasteiger partial charge in [0.1, 0.15) is 10.6 Å². The molecule has 1 saturated heterocycles. The Bertz CT molecular complexity index is 889. The van der Waals surface area contributed by atoms with Gasteiger partial charge in [-0.15, -0.1) is 10.2 Å². The van der Waals surface area contributed by atoms with Gasteiger partial charge in [-0.3, -0.25) is 4.79 Å². The predicted molar refractivity (Wildman–Crippen MR) is 89.0 cm³/mol. The molecule has 1 amide bonds. The number of piperazine rings is 1. The first kappa shape index (κ1) is 18.5. The van der Waals surface area contributed by atoms with E-state index in [0.29, 0.717) is 11.6 Å². The summed E-state index contributed by atoms with van der Waals surface area (Å²) in [5, 5.41) is 11.3. The SMILES string of the molecule is Cc1noc(C)c1S(=O)(=O)N1CCN(C(=O)c2nnc(C(C)C)o2)CC1. The van der Waals surface area contributed by atoms with Gasteiger partial charge in [0.05, 0.1) is 0 Å². The van der Waals surface area contributed by atoms with Crippen LogP contribution in [0.2, 0.25) is 0 Å². The fourth-order valence-corrected chi connectivity index (χ4v) is 4.51. The predicted octanol–water partition coefficient (Wildman–Crippen LogP) is 0.945. The van der Waals surface area contributed by atoms with E-state index in [-0.39, 0.29) is 48.6 Å². The minimum Gasteiger partial charge on any atom is -0.417 e. The number of hydrogen-bond acceptors (Lipinski definition) is 8. The van der Waals surface area contributed by atoms with Gasteiger partial charge < -0.3 is 13.8 Å². The molecule has 3 rings (SSSR count). The third kappa shape index (κ3) is 3.23. The van der Waals surface area contributed by atoms with Crippen LogP contribution in [0, 0.1) is 13.8 Å². The molecule has 0 aliphatic carbocycles. The van der Waals surface area contributed by atoms with Gasteiger partial charge in [0.2, 0.25) is 15.9 Å². The highest BCUT2D eigenvalue weighted by Crippen LogP contribution is 2.24. The standard InChI is InChI=1S/C15H21N5O5S/c1-9(2)13-16-17-14(24-13)15(21)19-5-7-20(8-6-19)26(22,23)12-10(3)18-25-11(12)4/h9H,5-8H2,1-4H3. The summed E-state index contributed by atoms with van der Waals surface area (Å²) in [5.74, 6) is 0.219. The molecule has 0 N–H and O–H groups in total. The molecule has 0 aromatic carbocycles. The first-order chi connectivity index (χ1) is 12.2. The van der Waals surface area contributed by atoms with Crippen molar-refractivity contribution < 1.29 is 22.2 Å². The van der Waals surface area contributed by atoms with Gasteiger partial charge >= 0.3 is 11.8 Å². The third-order valence-corrected chi connectivity index (χ3v) is 6.35. The normalized spacial score (nSPS) is 16.4. The van der Waals surface area contributed by atoms with Crippen molar-refractivity contribution in [3.63, 3.8) is 0 Å². The maximum Gasteiger partial charge on any atom is 0.311 e. The van der Waals surface area contributed by atoms with Gasteiger partial charge in [0, 0.05) is 32.1 Å². The van der Waals surface area contributed by atoms with Crippen LogP contribution in [0.15, 0.2) is 13.8 Å². The Hall–Kier alpha value is -2.27. The minimum absolute atomic E-state index is 0.0288. The van der Waals surface area contributed by atoms with Crippen molar-refractivity contribution in [1.29, 1.82) is 0 Å². The molecule has 0 unspecified atom stereocenters. The Balaban J connectivity index is 1.70. The highest BCUT2D eigenvalue weighted by molar-refractivity contribution is 7.89. The number of sulfonamides is 1. The number of carbonyl (C=O) groups excluding carboxylic acids is 1. The largest absolute Gasteiger partial charge is 0.417 e. The van der Waals surface area contributed by atoms with Gasteiger partial charge in [-0.05, 0) is 13.8 Å². The highest BCUT2D eigenvalue weighted by Gasteiger charge is 2.35. The molecule has 26 heavy (non-hydrogen) atoms. The first-order valence-electron chi connectivity index (χ1n) is 8.27. The molecular formula is C15H21N5O5S. The van der Waals surface area contributed by atoms with Crippen LogP contribution in [-0.2, 0) is 10.0 Å². The molecule has 11 heteroatoms. The second kappa shape index (κ2) is 6.80. The van der Waals surface area contributed by atoms with Crippen molar-refractivity contribution in [3.8, 4) is 0 Å². The molecule has 0 spiro atoms. The lowest BCUT2D eigenvalue weighted by molar-refractivity contribution is 0.0655. The number of nitrogens with zero attached hydrogens (tertiary/aromatic N) is 5. The molecule has 0 bridgehead atoms. The zero-order valence-corrected chi connectivity index (χ0v) is 15.9. The van der Waals surface area contributed by atoms with Crippen LogP contribution in [0.1, 0.15) is 47.8 Å². The van der Waals surface area contributed by atoms with Gasteiger partial charge in [-0.2, -0.15) is 4.31 Å². The third-order valence-electron chi connectivity index (χ3n) is 4.21. The Kier molecular flexibility index (Phi) is 4.84. The van der Waals surface area contributed by atoms with Crippen molar-refractivity contribution >= 4 is 15.9 Å². The molecule has 10 nitrogen and oxygen atoms in total. The van der Waals surface area contributed by atoms with Gasteiger partial charge in [0.25, 0.3) is 0 Å². The monoisotopic (exact) mass is 383 g/mol. The summed E-state index contributed by atoms with van der Waals surface area (Å²) in [4.78, 5) is 14.1. The summed E-state index contributed by atoms with van der Waals surface area (Å²) in [6, 6.07) is 0. The topological polar surface area (TPSA) is 123 Å². The van der Waals surface area contributed by atoms with Crippen LogP contribution in [0.3, 0.4) is 0 Å². The number of rotatable bonds is 4. The molecule has 2 aromatic rings. The highest BCUT2D eigenvalue weighted by atomic mass is 32.2. The van der Waals surface area contributed by atoms with Crippen LogP contribution >= 0.6 is 0 Å². The van der Waals surface area contributed by atoms with E-state index < -0.39 is 15.9 Å². The van der Waals surface area contributed by atoms with Crippen LogP contribution in [-0.4, -0.2) is 65.1 Å². The summed E-state index contributed by atoms with van der Waals surface area (Å²) < 4.78 is 37.3. The van der Waals surface area contributed by atoms with E-state index in [1.54, 1.807) is 13.8 Å². The maximum atomic E-state index is 12.8. The quantitative estimate of drug-likeness (QED) is 0.764.